The summed E-state index contributed by atoms with van der Waals surface area (Å²) in [7, 11) is -2.94. The summed E-state index contributed by atoms with van der Waals surface area (Å²) in [6, 6.07) is 0. The maximum absolute atomic E-state index is 11.0. The maximum Gasteiger partial charge on any atom is 0.153 e. The zero-order valence-electron chi connectivity index (χ0n) is 6.82. The largest absolute Gasteiger partial charge is 0.392 e. The fourth-order valence-electron chi connectivity index (χ4n) is 1.49. The number of hydrogen-bond donors (Lipinski definition) is 1. The fraction of sp³-hybridized carbons (Fsp3) is 1.00. The molecule has 4 heteroatoms. The normalized spacial score (nSPS) is 36.4. The molecule has 11 heavy (non-hydrogen) atoms. The molecule has 0 aromatic carbocycles. The highest BCUT2D eigenvalue weighted by Crippen LogP contribution is 2.25. The molecule has 3 nitrogen and oxygen atoms in total. The van der Waals surface area contributed by atoms with Crippen molar-refractivity contribution >= 4 is 9.84 Å². The molecule has 1 aliphatic heterocycles. The van der Waals surface area contributed by atoms with Crippen molar-refractivity contribution < 1.29 is 13.5 Å². The van der Waals surface area contributed by atoms with Crippen LogP contribution in [0.25, 0.3) is 0 Å². The van der Waals surface area contributed by atoms with Gasteiger partial charge >= 0.3 is 0 Å². The van der Waals surface area contributed by atoms with E-state index in [0.717, 1.165) is 0 Å². The van der Waals surface area contributed by atoms with E-state index >= 15 is 0 Å². The van der Waals surface area contributed by atoms with Crippen molar-refractivity contribution in [2.45, 2.75) is 20.0 Å². The molecule has 2 atom stereocenters. The monoisotopic (exact) mass is 178 g/mol. The van der Waals surface area contributed by atoms with Gasteiger partial charge in [-0.05, 0) is 5.92 Å². The number of hydrogen-bond acceptors (Lipinski definition) is 3. The van der Waals surface area contributed by atoms with Gasteiger partial charge in [0.25, 0.3) is 0 Å². The first-order chi connectivity index (χ1) is 4.92. The highest BCUT2D eigenvalue weighted by atomic mass is 32.2. The van der Waals surface area contributed by atoms with Crippen LogP contribution in [-0.4, -0.2) is 31.1 Å². The molecule has 1 rings (SSSR count). The molecule has 0 amide bonds. The van der Waals surface area contributed by atoms with Crippen molar-refractivity contribution in [3.63, 3.8) is 0 Å². The minimum Gasteiger partial charge on any atom is -0.392 e. The Morgan fingerprint density at radius 3 is 2.09 bits per heavy atom. The van der Waals surface area contributed by atoms with Crippen LogP contribution in [0.1, 0.15) is 13.8 Å². The standard InChI is InChI=1S/C7H14O3S/c1-5(2)6-3-11(9,10)4-7(6)8/h5-8H,3-4H2,1-2H3/t6-,7-/m0/s1. The van der Waals surface area contributed by atoms with Crippen LogP contribution in [0.5, 0.6) is 0 Å². The van der Waals surface area contributed by atoms with E-state index in [-0.39, 0.29) is 23.3 Å². The molecule has 0 unspecified atom stereocenters. The lowest BCUT2D eigenvalue weighted by atomic mass is 9.93. The molecule has 0 aliphatic carbocycles. The Hall–Kier alpha value is -0.0900. The second kappa shape index (κ2) is 2.75. The van der Waals surface area contributed by atoms with E-state index in [1.54, 1.807) is 0 Å². The van der Waals surface area contributed by atoms with E-state index in [0.29, 0.717) is 0 Å². The topological polar surface area (TPSA) is 54.4 Å². The molecular formula is C7H14O3S. The Morgan fingerprint density at radius 2 is 1.91 bits per heavy atom. The summed E-state index contributed by atoms with van der Waals surface area (Å²) in [6.45, 7) is 3.88. The Kier molecular flexibility index (Phi) is 2.25. The van der Waals surface area contributed by atoms with Gasteiger partial charge in [-0.25, -0.2) is 8.42 Å². The van der Waals surface area contributed by atoms with Crippen LogP contribution in [-0.2, 0) is 9.84 Å². The van der Waals surface area contributed by atoms with Crippen LogP contribution >= 0.6 is 0 Å². The van der Waals surface area contributed by atoms with Crippen LogP contribution in [0, 0.1) is 11.8 Å². The van der Waals surface area contributed by atoms with E-state index in [1.807, 2.05) is 13.8 Å². The van der Waals surface area contributed by atoms with Crippen molar-refractivity contribution in [1.29, 1.82) is 0 Å². The third-order valence-corrected chi connectivity index (χ3v) is 3.96. The molecule has 0 bridgehead atoms. The minimum atomic E-state index is -2.94. The lowest BCUT2D eigenvalue weighted by molar-refractivity contribution is 0.124. The molecule has 1 aliphatic rings. The molecule has 1 fully saturated rings. The molecule has 0 spiro atoms. The van der Waals surface area contributed by atoms with Crippen molar-refractivity contribution in [3.05, 3.63) is 0 Å². The van der Waals surface area contributed by atoms with Crippen LogP contribution < -0.4 is 0 Å². The molecule has 1 N–H and O–H groups in total. The highest BCUT2D eigenvalue weighted by molar-refractivity contribution is 7.91. The Morgan fingerprint density at radius 1 is 1.36 bits per heavy atom. The third kappa shape index (κ3) is 1.93. The Balaban J connectivity index is 2.75. The summed E-state index contributed by atoms with van der Waals surface area (Å²) in [4.78, 5) is 0. The van der Waals surface area contributed by atoms with Crippen molar-refractivity contribution in [2.75, 3.05) is 11.5 Å². The maximum atomic E-state index is 11.0. The molecule has 0 radical (unpaired) electrons. The smallest absolute Gasteiger partial charge is 0.153 e. The quantitative estimate of drug-likeness (QED) is 0.617. The first kappa shape index (κ1) is 9.00. The van der Waals surface area contributed by atoms with E-state index in [1.165, 1.54) is 0 Å². The predicted molar refractivity (Wildman–Crippen MR) is 43.0 cm³/mol. The van der Waals surface area contributed by atoms with Crippen LogP contribution in [0.15, 0.2) is 0 Å². The van der Waals surface area contributed by atoms with Gasteiger partial charge in [-0.3, -0.25) is 0 Å². The zero-order valence-corrected chi connectivity index (χ0v) is 7.63. The average molecular weight is 178 g/mol. The summed E-state index contributed by atoms with van der Waals surface area (Å²) in [5.41, 5.74) is 0. The van der Waals surface area contributed by atoms with E-state index in [9.17, 15) is 13.5 Å². The number of aliphatic hydroxyl groups excluding tert-OH is 1. The van der Waals surface area contributed by atoms with E-state index < -0.39 is 15.9 Å². The van der Waals surface area contributed by atoms with E-state index in [4.69, 9.17) is 0 Å². The predicted octanol–water partition coefficient (Wildman–Crippen LogP) is 0.0479. The lowest BCUT2D eigenvalue weighted by Gasteiger charge is -2.15. The molecule has 0 saturated carbocycles. The zero-order chi connectivity index (χ0) is 8.65. The van der Waals surface area contributed by atoms with Gasteiger partial charge in [-0.2, -0.15) is 0 Å². The molecule has 0 aromatic rings. The van der Waals surface area contributed by atoms with Crippen LogP contribution in [0.4, 0.5) is 0 Å². The van der Waals surface area contributed by atoms with Gasteiger partial charge in [0.1, 0.15) is 0 Å². The van der Waals surface area contributed by atoms with Gasteiger partial charge in [0.15, 0.2) is 9.84 Å². The number of rotatable bonds is 1. The van der Waals surface area contributed by atoms with Gasteiger partial charge in [-0.15, -0.1) is 0 Å². The van der Waals surface area contributed by atoms with Gasteiger partial charge in [0, 0.05) is 5.92 Å². The second-order valence-corrected chi connectivity index (χ2v) is 5.71. The molecule has 1 heterocycles. The first-order valence-electron chi connectivity index (χ1n) is 3.81. The van der Waals surface area contributed by atoms with E-state index in [2.05, 4.69) is 0 Å². The third-order valence-electron chi connectivity index (χ3n) is 2.22. The summed E-state index contributed by atoms with van der Waals surface area (Å²) < 4.78 is 22.0. The first-order valence-corrected chi connectivity index (χ1v) is 5.63. The summed E-state index contributed by atoms with van der Waals surface area (Å²) in [5, 5.41) is 9.32. The average Bonchev–Trinajstić information content (AvgIpc) is 2.05. The van der Waals surface area contributed by atoms with Gasteiger partial charge < -0.3 is 5.11 Å². The molecule has 1 saturated heterocycles. The van der Waals surface area contributed by atoms with Crippen LogP contribution in [0.2, 0.25) is 0 Å². The van der Waals surface area contributed by atoms with Crippen molar-refractivity contribution in [1.82, 2.24) is 0 Å². The molecule has 66 valence electrons. The summed E-state index contributed by atoms with van der Waals surface area (Å²) in [5.74, 6) is 0.309. The highest BCUT2D eigenvalue weighted by Gasteiger charge is 2.37. The van der Waals surface area contributed by atoms with Crippen molar-refractivity contribution in [3.8, 4) is 0 Å². The Bertz CT molecular complexity index is 230. The summed E-state index contributed by atoms with van der Waals surface area (Å²) >= 11 is 0. The van der Waals surface area contributed by atoms with Gasteiger partial charge in [-0.1, -0.05) is 13.8 Å². The number of aliphatic hydroxyl groups is 1. The van der Waals surface area contributed by atoms with Crippen LogP contribution in [0.3, 0.4) is 0 Å². The van der Waals surface area contributed by atoms with Crippen molar-refractivity contribution in [2.24, 2.45) is 11.8 Å². The fourth-order valence-corrected chi connectivity index (χ4v) is 3.59. The Labute approximate surface area is 67.3 Å². The second-order valence-electron chi connectivity index (χ2n) is 3.55. The molecule has 0 aromatic heterocycles. The van der Waals surface area contributed by atoms with Gasteiger partial charge in [0.05, 0.1) is 17.6 Å². The SMILES string of the molecule is CC(C)[C@@H]1CS(=O)(=O)C[C@@H]1O. The summed E-state index contributed by atoms with van der Waals surface area (Å²) in [6.07, 6.45) is -0.639. The number of sulfone groups is 1. The minimum absolute atomic E-state index is 0.0458. The van der Waals surface area contributed by atoms with Gasteiger partial charge in [0.2, 0.25) is 0 Å². The molecular weight excluding hydrogens is 164 g/mol. The lowest BCUT2D eigenvalue weighted by Crippen LogP contribution is -2.22.